The zero-order valence-electron chi connectivity index (χ0n) is 23.3. The standard InChI is InChI=1S/C27H31F3N8O3S/c1-17-15-26(2,3)37-38(17)16-23(40)32-25-36-35-24(42-25)10-5-4-8-19-11-12-21(34-33-19)31-22(39)14-18-7-6-9-20(13-18)41-27(28,29)30/h6-7,9,11-13,15,37H,4-5,8,10,14,16H2,1-3H3,(H,31,34,39)(H,32,36,40). The van der Waals surface area contributed by atoms with Crippen LogP contribution < -0.4 is 20.8 Å². The topological polar surface area (TPSA) is 134 Å². The number of unbranched alkanes of at least 4 members (excludes halogenated alkanes) is 1. The van der Waals surface area contributed by atoms with Gasteiger partial charge in [-0.15, -0.1) is 28.5 Å². The van der Waals surface area contributed by atoms with E-state index in [1.165, 1.54) is 23.5 Å². The summed E-state index contributed by atoms with van der Waals surface area (Å²) in [4.78, 5) is 24.7. The highest BCUT2D eigenvalue weighted by atomic mass is 32.1. The first-order valence-corrected chi connectivity index (χ1v) is 14.0. The lowest BCUT2D eigenvalue weighted by Gasteiger charge is -2.24. The molecule has 1 aromatic carbocycles. The van der Waals surface area contributed by atoms with Crippen molar-refractivity contribution in [2.24, 2.45) is 0 Å². The minimum Gasteiger partial charge on any atom is -0.406 e. The number of nitrogens with one attached hydrogen (secondary N) is 3. The quantitative estimate of drug-likeness (QED) is 0.257. The number of hydrogen-bond acceptors (Lipinski definition) is 10. The summed E-state index contributed by atoms with van der Waals surface area (Å²) in [7, 11) is 0. The fourth-order valence-electron chi connectivity index (χ4n) is 4.31. The van der Waals surface area contributed by atoms with Crippen LogP contribution in [0.2, 0.25) is 0 Å². The third kappa shape index (κ3) is 9.76. The molecule has 4 rings (SSSR count). The van der Waals surface area contributed by atoms with E-state index in [9.17, 15) is 22.8 Å². The van der Waals surface area contributed by atoms with E-state index in [1.807, 2.05) is 20.8 Å². The normalized spacial score (nSPS) is 14.4. The Bertz CT molecular complexity index is 1430. The third-order valence-electron chi connectivity index (χ3n) is 5.99. The first-order valence-electron chi connectivity index (χ1n) is 13.2. The smallest absolute Gasteiger partial charge is 0.406 e. The molecule has 3 N–H and O–H groups in total. The van der Waals surface area contributed by atoms with Crippen molar-refractivity contribution < 1.29 is 27.5 Å². The van der Waals surface area contributed by atoms with Crippen LogP contribution in [0.5, 0.6) is 5.75 Å². The van der Waals surface area contributed by atoms with Gasteiger partial charge in [0.05, 0.1) is 17.7 Å². The molecule has 0 fully saturated rings. The second-order valence-corrected chi connectivity index (χ2v) is 11.4. The number of hydrazine groups is 1. The number of rotatable bonds is 12. The van der Waals surface area contributed by atoms with Crippen molar-refractivity contribution >= 4 is 34.1 Å². The average Bonchev–Trinajstić information content (AvgIpc) is 3.43. The van der Waals surface area contributed by atoms with Crippen LogP contribution in [0.25, 0.3) is 0 Å². The molecule has 2 aromatic heterocycles. The molecule has 3 heterocycles. The SMILES string of the molecule is CC1=CC(C)(C)NN1CC(=O)Nc1nnc(CCCCc2ccc(NC(=O)Cc3cccc(OC(F)(F)F)c3)nn2)s1. The molecule has 0 bridgehead atoms. The number of aromatic nitrogens is 4. The zero-order chi connectivity index (χ0) is 30.3. The van der Waals surface area contributed by atoms with E-state index in [0.717, 1.165) is 41.4 Å². The van der Waals surface area contributed by atoms with Gasteiger partial charge in [-0.3, -0.25) is 14.9 Å². The van der Waals surface area contributed by atoms with Crippen molar-refractivity contribution in [2.45, 2.75) is 64.8 Å². The molecule has 0 unspecified atom stereocenters. The van der Waals surface area contributed by atoms with Crippen molar-refractivity contribution in [1.29, 1.82) is 0 Å². The fourth-order valence-corrected chi connectivity index (χ4v) is 5.11. The highest BCUT2D eigenvalue weighted by Gasteiger charge is 2.31. The van der Waals surface area contributed by atoms with Gasteiger partial charge in [0, 0.05) is 12.1 Å². The number of benzene rings is 1. The Morgan fingerprint density at radius 2 is 1.81 bits per heavy atom. The summed E-state index contributed by atoms with van der Waals surface area (Å²) in [6, 6.07) is 8.62. The fraction of sp³-hybridized carbons (Fsp3) is 0.407. The molecule has 1 aliphatic rings. The molecule has 42 heavy (non-hydrogen) atoms. The average molecular weight is 605 g/mol. The van der Waals surface area contributed by atoms with E-state index >= 15 is 0 Å². The highest BCUT2D eigenvalue weighted by Crippen LogP contribution is 2.24. The maximum atomic E-state index is 12.4. The number of amides is 2. The molecule has 11 nitrogen and oxygen atoms in total. The second kappa shape index (κ2) is 13.2. The molecular weight excluding hydrogens is 573 g/mol. The molecule has 2 amide bonds. The Balaban J connectivity index is 1.15. The van der Waals surface area contributed by atoms with E-state index in [1.54, 1.807) is 17.1 Å². The first kappa shape index (κ1) is 30.8. The van der Waals surface area contributed by atoms with Crippen LogP contribution in [-0.2, 0) is 28.9 Å². The monoisotopic (exact) mass is 604 g/mol. The van der Waals surface area contributed by atoms with Crippen LogP contribution in [0.4, 0.5) is 24.1 Å². The number of carbonyl (C=O) groups excluding carboxylic acids is 2. The maximum Gasteiger partial charge on any atom is 0.573 e. The Labute approximate surface area is 244 Å². The number of allylic oxidation sites excluding steroid dienone is 1. The Hall–Kier alpha value is -4.11. The number of anilines is 2. The van der Waals surface area contributed by atoms with Gasteiger partial charge in [0.15, 0.2) is 5.82 Å². The van der Waals surface area contributed by atoms with Gasteiger partial charge in [-0.05, 0) is 75.9 Å². The molecule has 0 saturated carbocycles. The summed E-state index contributed by atoms with van der Waals surface area (Å²) in [6.45, 7) is 6.18. The second-order valence-electron chi connectivity index (χ2n) is 10.3. The van der Waals surface area contributed by atoms with E-state index in [0.29, 0.717) is 23.5 Å². The summed E-state index contributed by atoms with van der Waals surface area (Å²) in [5.41, 5.74) is 5.17. The summed E-state index contributed by atoms with van der Waals surface area (Å²) in [5.74, 6) is -0.778. The van der Waals surface area contributed by atoms with Crippen molar-refractivity contribution in [2.75, 3.05) is 17.2 Å². The van der Waals surface area contributed by atoms with E-state index in [4.69, 9.17) is 0 Å². The van der Waals surface area contributed by atoms with Crippen LogP contribution in [0, 0.1) is 0 Å². The minimum atomic E-state index is -4.81. The lowest BCUT2D eigenvalue weighted by atomic mass is 10.1. The Kier molecular flexibility index (Phi) is 9.73. The molecular formula is C27H31F3N8O3S. The summed E-state index contributed by atoms with van der Waals surface area (Å²) in [6.07, 6.45) is 0.126. The van der Waals surface area contributed by atoms with Gasteiger partial charge in [0.25, 0.3) is 0 Å². The predicted molar refractivity (Wildman–Crippen MR) is 150 cm³/mol. The van der Waals surface area contributed by atoms with Crippen molar-refractivity contribution in [1.82, 2.24) is 30.8 Å². The van der Waals surface area contributed by atoms with Gasteiger partial charge < -0.3 is 15.1 Å². The third-order valence-corrected chi connectivity index (χ3v) is 6.89. The molecule has 1 aliphatic heterocycles. The highest BCUT2D eigenvalue weighted by molar-refractivity contribution is 7.15. The zero-order valence-corrected chi connectivity index (χ0v) is 24.1. The van der Waals surface area contributed by atoms with Gasteiger partial charge in [-0.2, -0.15) is 5.10 Å². The lowest BCUT2D eigenvalue weighted by molar-refractivity contribution is -0.274. The van der Waals surface area contributed by atoms with Crippen LogP contribution in [-0.4, -0.2) is 55.7 Å². The van der Waals surface area contributed by atoms with E-state index < -0.39 is 18.0 Å². The van der Waals surface area contributed by atoms with E-state index in [2.05, 4.69) is 47.3 Å². The van der Waals surface area contributed by atoms with Crippen molar-refractivity contribution in [3.63, 3.8) is 0 Å². The lowest BCUT2D eigenvalue weighted by Crippen LogP contribution is -2.45. The summed E-state index contributed by atoms with van der Waals surface area (Å²) in [5, 5.41) is 24.9. The van der Waals surface area contributed by atoms with Crippen LogP contribution in [0.15, 0.2) is 48.2 Å². The minimum absolute atomic E-state index is 0.152. The molecule has 0 radical (unpaired) electrons. The summed E-state index contributed by atoms with van der Waals surface area (Å²) < 4.78 is 41.1. The van der Waals surface area contributed by atoms with Gasteiger partial charge >= 0.3 is 6.36 Å². The first-order chi connectivity index (χ1) is 19.8. The largest absolute Gasteiger partial charge is 0.573 e. The van der Waals surface area contributed by atoms with Gasteiger partial charge in [-0.1, -0.05) is 23.5 Å². The molecule has 0 spiro atoms. The summed E-state index contributed by atoms with van der Waals surface area (Å²) >= 11 is 1.34. The molecule has 3 aromatic rings. The predicted octanol–water partition coefficient (Wildman–Crippen LogP) is 4.41. The molecule has 15 heteroatoms. The Morgan fingerprint density at radius 1 is 1.02 bits per heavy atom. The molecule has 224 valence electrons. The molecule has 0 saturated heterocycles. The maximum absolute atomic E-state index is 12.4. The number of carbonyl (C=O) groups is 2. The number of ether oxygens (including phenoxy) is 1. The van der Waals surface area contributed by atoms with Gasteiger partial charge in [-0.25, -0.2) is 5.43 Å². The van der Waals surface area contributed by atoms with Crippen molar-refractivity contribution in [3.05, 3.63) is 64.4 Å². The number of alkyl halides is 3. The van der Waals surface area contributed by atoms with Crippen molar-refractivity contribution in [3.8, 4) is 5.75 Å². The van der Waals surface area contributed by atoms with Gasteiger partial charge in [0.1, 0.15) is 17.3 Å². The molecule has 0 aliphatic carbocycles. The number of aryl methyl sites for hydroxylation is 2. The number of hydrogen-bond donors (Lipinski definition) is 3. The van der Waals surface area contributed by atoms with Crippen LogP contribution in [0.3, 0.4) is 0 Å². The van der Waals surface area contributed by atoms with Gasteiger partial charge in [0.2, 0.25) is 16.9 Å². The van der Waals surface area contributed by atoms with E-state index in [-0.39, 0.29) is 30.2 Å². The Morgan fingerprint density at radius 3 is 2.50 bits per heavy atom. The molecule has 0 atom stereocenters. The van der Waals surface area contributed by atoms with Crippen LogP contribution in [0.1, 0.15) is 49.9 Å². The van der Waals surface area contributed by atoms with Crippen LogP contribution >= 0.6 is 11.3 Å². The number of halogens is 3. The number of nitrogens with zero attached hydrogens (tertiary/aromatic N) is 5.